The van der Waals surface area contributed by atoms with Crippen LogP contribution in [0.5, 0.6) is 0 Å². The molecular formula is C10H16N4S2. The van der Waals surface area contributed by atoms with Gasteiger partial charge in [-0.05, 0) is 6.42 Å². The summed E-state index contributed by atoms with van der Waals surface area (Å²) < 4.78 is 0. The summed E-state index contributed by atoms with van der Waals surface area (Å²) in [5.74, 6) is 5.55. The third-order valence-electron chi connectivity index (χ3n) is 2.29. The van der Waals surface area contributed by atoms with E-state index < -0.39 is 0 Å². The molecule has 0 bridgehead atoms. The first-order chi connectivity index (χ1) is 7.79. The number of nitrogens with zero attached hydrogens (tertiary/aromatic N) is 3. The van der Waals surface area contributed by atoms with Crippen molar-refractivity contribution in [2.45, 2.75) is 25.0 Å². The van der Waals surface area contributed by atoms with E-state index in [0.29, 0.717) is 11.2 Å². The highest BCUT2D eigenvalue weighted by molar-refractivity contribution is 8.06. The summed E-state index contributed by atoms with van der Waals surface area (Å²) in [4.78, 5) is 12.9. The first kappa shape index (κ1) is 12.0. The Bertz CT molecular complexity index is 353. The summed E-state index contributed by atoms with van der Waals surface area (Å²) >= 11 is 3.88. The van der Waals surface area contributed by atoms with Crippen LogP contribution < -0.4 is 5.73 Å². The van der Waals surface area contributed by atoms with Gasteiger partial charge in [0.05, 0.1) is 5.25 Å². The van der Waals surface area contributed by atoms with Crippen LogP contribution in [-0.4, -0.2) is 32.2 Å². The summed E-state index contributed by atoms with van der Waals surface area (Å²) in [6, 6.07) is 0. The average Bonchev–Trinajstić information content (AvgIpc) is 2.30. The molecule has 0 radical (unpaired) electrons. The zero-order valence-corrected chi connectivity index (χ0v) is 11.0. The van der Waals surface area contributed by atoms with Crippen LogP contribution in [0.2, 0.25) is 0 Å². The zero-order valence-electron chi connectivity index (χ0n) is 9.35. The number of thioether (sulfide) groups is 2. The lowest BCUT2D eigenvalue weighted by atomic mass is 10.3. The normalized spacial score (nSPS) is 20.9. The number of hydrogen-bond donors (Lipinski definition) is 1. The summed E-state index contributed by atoms with van der Waals surface area (Å²) in [6.07, 6.45) is 1.92. The quantitative estimate of drug-likeness (QED) is 0.891. The Balaban J connectivity index is 2.18. The molecule has 1 atom stereocenters. The molecule has 1 aromatic heterocycles. The van der Waals surface area contributed by atoms with Crippen LogP contribution in [0.3, 0.4) is 0 Å². The van der Waals surface area contributed by atoms with Gasteiger partial charge < -0.3 is 5.73 Å². The monoisotopic (exact) mass is 256 g/mol. The van der Waals surface area contributed by atoms with Gasteiger partial charge in [0.15, 0.2) is 0 Å². The predicted molar refractivity (Wildman–Crippen MR) is 70.8 cm³/mol. The molecule has 16 heavy (non-hydrogen) atoms. The Morgan fingerprint density at radius 2 is 2.19 bits per heavy atom. The van der Waals surface area contributed by atoms with Gasteiger partial charge in [0.2, 0.25) is 5.95 Å². The van der Waals surface area contributed by atoms with Crippen LogP contribution in [0.1, 0.15) is 30.2 Å². The lowest BCUT2D eigenvalue weighted by Gasteiger charge is -2.19. The molecule has 1 aromatic rings. The maximum Gasteiger partial charge on any atom is 0.223 e. The minimum absolute atomic E-state index is 0.365. The van der Waals surface area contributed by atoms with Crippen LogP contribution in [-0.2, 0) is 6.42 Å². The van der Waals surface area contributed by atoms with Crippen LogP contribution >= 0.6 is 23.5 Å². The molecule has 4 nitrogen and oxygen atoms in total. The predicted octanol–water partition coefficient (Wildman–Crippen LogP) is 1.93. The number of hydrogen-bond acceptors (Lipinski definition) is 6. The minimum atomic E-state index is 0.365. The Morgan fingerprint density at radius 3 is 2.88 bits per heavy atom. The van der Waals surface area contributed by atoms with Crippen LogP contribution in [0, 0.1) is 0 Å². The Kier molecular flexibility index (Phi) is 4.29. The van der Waals surface area contributed by atoms with Gasteiger partial charge in [0.1, 0.15) is 11.6 Å². The number of aromatic nitrogens is 3. The van der Waals surface area contributed by atoms with E-state index in [0.717, 1.165) is 30.2 Å². The highest BCUT2D eigenvalue weighted by Crippen LogP contribution is 2.35. The standard InChI is InChI=1S/C10H16N4S2/c1-2-3-8-12-9(14-10(11)13-8)7-6-15-4-5-16-7/h7H,2-6H2,1H3,(H2,11,12,13,14). The number of nitrogen functional groups attached to an aromatic ring is 1. The van der Waals surface area contributed by atoms with Crippen molar-refractivity contribution < 1.29 is 0 Å². The minimum Gasteiger partial charge on any atom is -0.368 e. The van der Waals surface area contributed by atoms with Crippen LogP contribution in [0.15, 0.2) is 0 Å². The molecule has 2 rings (SSSR count). The fraction of sp³-hybridized carbons (Fsp3) is 0.700. The summed E-state index contributed by atoms with van der Waals surface area (Å²) in [7, 11) is 0. The van der Waals surface area contributed by atoms with Crippen molar-refractivity contribution in [2.24, 2.45) is 0 Å². The van der Waals surface area contributed by atoms with Gasteiger partial charge in [-0.3, -0.25) is 0 Å². The maximum atomic E-state index is 5.72. The molecule has 2 N–H and O–H groups in total. The highest BCUT2D eigenvalue weighted by Gasteiger charge is 2.20. The van der Waals surface area contributed by atoms with Gasteiger partial charge in [0, 0.05) is 23.7 Å². The smallest absolute Gasteiger partial charge is 0.223 e. The number of anilines is 1. The van der Waals surface area contributed by atoms with E-state index in [9.17, 15) is 0 Å². The van der Waals surface area contributed by atoms with Crippen LogP contribution in [0.4, 0.5) is 5.95 Å². The number of aryl methyl sites for hydroxylation is 1. The van der Waals surface area contributed by atoms with Gasteiger partial charge in [-0.25, -0.2) is 4.98 Å². The fourth-order valence-electron chi connectivity index (χ4n) is 1.57. The van der Waals surface area contributed by atoms with Crippen molar-refractivity contribution in [2.75, 3.05) is 23.0 Å². The Hall–Kier alpha value is -0.490. The Labute approximate surface area is 104 Å². The Morgan fingerprint density at radius 1 is 1.31 bits per heavy atom. The van der Waals surface area contributed by atoms with Gasteiger partial charge >= 0.3 is 0 Å². The van der Waals surface area contributed by atoms with Crippen molar-refractivity contribution in [3.05, 3.63) is 11.6 Å². The molecule has 0 aliphatic carbocycles. The van der Waals surface area contributed by atoms with Gasteiger partial charge in [-0.2, -0.15) is 21.7 Å². The molecule has 1 unspecified atom stereocenters. The van der Waals surface area contributed by atoms with E-state index in [1.165, 1.54) is 11.5 Å². The number of rotatable bonds is 3. The summed E-state index contributed by atoms with van der Waals surface area (Å²) in [6.45, 7) is 2.12. The second-order valence-electron chi connectivity index (χ2n) is 3.65. The SMILES string of the molecule is CCCc1nc(N)nc(C2CSCCS2)n1. The first-order valence-corrected chi connectivity index (χ1v) is 7.69. The lowest BCUT2D eigenvalue weighted by molar-refractivity contribution is 0.783. The highest BCUT2D eigenvalue weighted by atomic mass is 32.2. The van der Waals surface area contributed by atoms with Crippen molar-refractivity contribution >= 4 is 29.5 Å². The molecular weight excluding hydrogens is 240 g/mol. The molecule has 0 amide bonds. The third-order valence-corrected chi connectivity index (χ3v) is 5.04. The van der Waals surface area contributed by atoms with Crippen molar-refractivity contribution in [1.29, 1.82) is 0 Å². The summed E-state index contributed by atoms with van der Waals surface area (Å²) in [5.41, 5.74) is 5.72. The van der Waals surface area contributed by atoms with E-state index in [1.807, 2.05) is 23.5 Å². The summed E-state index contributed by atoms with van der Waals surface area (Å²) in [5, 5.41) is 0.389. The molecule has 0 aromatic carbocycles. The lowest BCUT2D eigenvalue weighted by Crippen LogP contribution is -2.14. The molecule has 6 heteroatoms. The molecule has 0 spiro atoms. The van der Waals surface area contributed by atoms with Crippen molar-refractivity contribution in [3.63, 3.8) is 0 Å². The number of nitrogens with two attached hydrogens (primary N) is 1. The topological polar surface area (TPSA) is 64.7 Å². The van der Waals surface area contributed by atoms with E-state index in [-0.39, 0.29) is 0 Å². The second kappa shape index (κ2) is 5.72. The van der Waals surface area contributed by atoms with E-state index >= 15 is 0 Å². The third kappa shape index (κ3) is 3.01. The first-order valence-electron chi connectivity index (χ1n) is 5.49. The average molecular weight is 256 g/mol. The van der Waals surface area contributed by atoms with Crippen molar-refractivity contribution in [3.8, 4) is 0 Å². The van der Waals surface area contributed by atoms with Gasteiger partial charge in [-0.1, -0.05) is 6.92 Å². The largest absolute Gasteiger partial charge is 0.368 e. The molecule has 0 saturated carbocycles. The van der Waals surface area contributed by atoms with Crippen LogP contribution in [0.25, 0.3) is 0 Å². The molecule has 1 aliphatic rings. The fourth-order valence-corrected chi connectivity index (χ4v) is 4.17. The molecule has 1 fully saturated rings. The van der Waals surface area contributed by atoms with E-state index in [4.69, 9.17) is 5.73 Å². The maximum absolute atomic E-state index is 5.72. The second-order valence-corrected chi connectivity index (χ2v) is 6.11. The van der Waals surface area contributed by atoms with E-state index in [1.54, 1.807) is 0 Å². The molecule has 1 saturated heterocycles. The van der Waals surface area contributed by atoms with Crippen molar-refractivity contribution in [1.82, 2.24) is 15.0 Å². The van der Waals surface area contributed by atoms with Gasteiger partial charge in [0.25, 0.3) is 0 Å². The van der Waals surface area contributed by atoms with Gasteiger partial charge in [-0.15, -0.1) is 11.8 Å². The molecule has 1 aliphatic heterocycles. The molecule has 2 heterocycles. The zero-order chi connectivity index (χ0) is 11.4. The van der Waals surface area contributed by atoms with E-state index in [2.05, 4.69) is 21.9 Å². The molecule has 88 valence electrons.